The third-order valence-corrected chi connectivity index (χ3v) is 6.09. The fourth-order valence-electron chi connectivity index (χ4n) is 3.28. The van der Waals surface area contributed by atoms with Crippen molar-refractivity contribution in [3.8, 4) is 11.5 Å². The van der Waals surface area contributed by atoms with Gasteiger partial charge in [0.25, 0.3) is 5.69 Å². The lowest BCUT2D eigenvalue weighted by Crippen LogP contribution is -2.23. The highest BCUT2D eigenvalue weighted by Gasteiger charge is 2.24. The molecule has 3 aromatic rings. The minimum atomic E-state index is -0.484. The predicted octanol–water partition coefficient (Wildman–Crippen LogP) is 5.11. The smallest absolute Gasteiger partial charge is 0.269 e. The number of nitro groups is 1. The van der Waals surface area contributed by atoms with E-state index in [1.807, 2.05) is 29.7 Å². The molecule has 0 aliphatic carbocycles. The fraction of sp³-hybridized carbons (Fsp3) is 0.375. The maximum Gasteiger partial charge on any atom is 0.269 e. The quantitative estimate of drug-likeness (QED) is 0.219. The van der Waals surface area contributed by atoms with Crippen LogP contribution in [0.25, 0.3) is 0 Å². The van der Waals surface area contributed by atoms with Crippen LogP contribution < -0.4 is 14.8 Å². The first kappa shape index (κ1) is 26.0. The summed E-state index contributed by atoms with van der Waals surface area (Å²) in [5.74, 6) is 2.08. The maximum absolute atomic E-state index is 12.8. The molecule has 0 bridgehead atoms. The molecular formula is C24H29N5O5S. The van der Waals surface area contributed by atoms with Crippen molar-refractivity contribution in [1.29, 1.82) is 0 Å². The Balaban J connectivity index is 1.73. The van der Waals surface area contributed by atoms with Gasteiger partial charge < -0.3 is 19.4 Å². The standard InChI is InChI=1S/C24H29N5O5S/c1-15(2)14-28-22(16(3)34-21-8-6-7-20(13-21)33-5)26-27-24(28)35-17(4)23(30)25-18-9-11-19(12-10-18)29(31)32/h6-13,15-17H,14H2,1-5H3,(H,25,30). The molecular weight excluding hydrogens is 470 g/mol. The van der Waals surface area contributed by atoms with E-state index in [9.17, 15) is 14.9 Å². The molecule has 0 fully saturated rings. The number of carbonyl (C=O) groups is 1. The van der Waals surface area contributed by atoms with Crippen LogP contribution >= 0.6 is 11.8 Å². The zero-order chi connectivity index (χ0) is 25.5. The molecule has 0 saturated carbocycles. The number of nitro benzene ring substituents is 1. The summed E-state index contributed by atoms with van der Waals surface area (Å²) in [6, 6.07) is 13.1. The lowest BCUT2D eigenvalue weighted by Gasteiger charge is -2.19. The SMILES string of the molecule is COc1cccc(OC(C)c2nnc(SC(C)C(=O)Nc3ccc([N+](=O)[O-])cc3)n2CC(C)C)c1. The molecule has 35 heavy (non-hydrogen) atoms. The molecule has 2 aromatic carbocycles. The summed E-state index contributed by atoms with van der Waals surface area (Å²) in [5, 5.41) is 22.4. The summed E-state index contributed by atoms with van der Waals surface area (Å²) in [7, 11) is 1.60. The van der Waals surface area contributed by atoms with Gasteiger partial charge in [-0.1, -0.05) is 31.7 Å². The van der Waals surface area contributed by atoms with Crippen LogP contribution in [0.3, 0.4) is 0 Å². The van der Waals surface area contributed by atoms with Crippen LogP contribution in [0.2, 0.25) is 0 Å². The second-order valence-corrected chi connectivity index (χ2v) is 9.65. The normalized spacial score (nSPS) is 12.7. The van der Waals surface area contributed by atoms with Crippen LogP contribution in [0.1, 0.15) is 39.6 Å². The van der Waals surface area contributed by atoms with Crippen molar-refractivity contribution in [3.63, 3.8) is 0 Å². The van der Waals surface area contributed by atoms with Crippen LogP contribution in [0.4, 0.5) is 11.4 Å². The van der Waals surface area contributed by atoms with Gasteiger partial charge in [0.05, 0.1) is 17.3 Å². The number of carbonyl (C=O) groups excluding carboxylic acids is 1. The second kappa shape index (κ2) is 11.7. The Labute approximate surface area is 208 Å². The number of rotatable bonds is 11. The summed E-state index contributed by atoms with van der Waals surface area (Å²) in [5.41, 5.74) is 0.447. The highest BCUT2D eigenvalue weighted by molar-refractivity contribution is 8.00. The Bertz CT molecular complexity index is 1170. The minimum absolute atomic E-state index is 0.0370. The van der Waals surface area contributed by atoms with Gasteiger partial charge in [-0.05, 0) is 44.0 Å². The van der Waals surface area contributed by atoms with Crippen molar-refractivity contribution in [3.05, 3.63) is 64.5 Å². The lowest BCUT2D eigenvalue weighted by molar-refractivity contribution is -0.384. The lowest BCUT2D eigenvalue weighted by atomic mass is 10.2. The van der Waals surface area contributed by atoms with Crippen molar-refractivity contribution in [2.24, 2.45) is 5.92 Å². The molecule has 1 amide bonds. The van der Waals surface area contributed by atoms with Gasteiger partial charge >= 0.3 is 0 Å². The topological polar surface area (TPSA) is 121 Å². The van der Waals surface area contributed by atoms with Gasteiger partial charge in [0.1, 0.15) is 11.5 Å². The van der Waals surface area contributed by atoms with E-state index in [1.54, 1.807) is 20.1 Å². The minimum Gasteiger partial charge on any atom is -0.497 e. The van der Waals surface area contributed by atoms with Crippen LogP contribution in [-0.2, 0) is 11.3 Å². The van der Waals surface area contributed by atoms with Gasteiger partial charge in [-0.3, -0.25) is 14.9 Å². The molecule has 0 radical (unpaired) electrons. The van der Waals surface area contributed by atoms with Gasteiger partial charge in [0.2, 0.25) is 5.91 Å². The summed E-state index contributed by atoms with van der Waals surface area (Å²) >= 11 is 1.29. The summed E-state index contributed by atoms with van der Waals surface area (Å²) in [6.45, 7) is 8.52. The molecule has 2 unspecified atom stereocenters. The highest BCUT2D eigenvalue weighted by atomic mass is 32.2. The van der Waals surface area contributed by atoms with Crippen LogP contribution in [0, 0.1) is 16.0 Å². The number of nitrogens with zero attached hydrogens (tertiary/aromatic N) is 4. The first-order valence-electron chi connectivity index (χ1n) is 11.1. The van der Waals surface area contributed by atoms with Gasteiger partial charge in [-0.15, -0.1) is 10.2 Å². The van der Waals surface area contributed by atoms with E-state index in [4.69, 9.17) is 9.47 Å². The number of benzene rings is 2. The average Bonchev–Trinajstić information content (AvgIpc) is 3.20. The number of hydrogen-bond donors (Lipinski definition) is 1. The van der Waals surface area contributed by atoms with Crippen LogP contribution in [-0.4, -0.2) is 38.0 Å². The number of non-ortho nitro benzene ring substituents is 1. The van der Waals surface area contributed by atoms with Gasteiger partial charge in [-0.2, -0.15) is 0 Å². The largest absolute Gasteiger partial charge is 0.497 e. The average molecular weight is 500 g/mol. The summed E-state index contributed by atoms with van der Waals surface area (Å²) < 4.78 is 13.3. The molecule has 186 valence electrons. The summed E-state index contributed by atoms with van der Waals surface area (Å²) in [4.78, 5) is 23.1. The Hall–Kier alpha value is -3.60. The van der Waals surface area contributed by atoms with Crippen LogP contribution in [0.5, 0.6) is 11.5 Å². The molecule has 0 saturated heterocycles. The predicted molar refractivity (Wildman–Crippen MR) is 134 cm³/mol. The van der Waals surface area contributed by atoms with E-state index in [1.165, 1.54) is 36.0 Å². The Morgan fingerprint density at radius 3 is 2.43 bits per heavy atom. The maximum atomic E-state index is 12.8. The number of hydrogen-bond acceptors (Lipinski definition) is 8. The number of nitrogens with one attached hydrogen (secondary N) is 1. The van der Waals surface area contributed by atoms with E-state index in [-0.39, 0.29) is 17.7 Å². The van der Waals surface area contributed by atoms with Crippen molar-refractivity contribution in [1.82, 2.24) is 14.8 Å². The number of ether oxygens (including phenoxy) is 2. The molecule has 1 N–H and O–H groups in total. The zero-order valence-corrected chi connectivity index (χ0v) is 21.1. The molecule has 11 heteroatoms. The Morgan fingerprint density at radius 2 is 1.80 bits per heavy atom. The molecule has 2 atom stereocenters. The number of thioether (sulfide) groups is 1. The highest BCUT2D eigenvalue weighted by Crippen LogP contribution is 2.29. The van der Waals surface area contributed by atoms with Crippen molar-refractivity contribution in [2.45, 2.75) is 50.8 Å². The van der Waals surface area contributed by atoms with Crippen molar-refractivity contribution in [2.75, 3.05) is 12.4 Å². The number of aromatic nitrogens is 3. The van der Waals surface area contributed by atoms with Crippen LogP contribution in [0.15, 0.2) is 53.7 Å². The molecule has 3 rings (SSSR count). The molecule has 1 heterocycles. The van der Waals surface area contributed by atoms with Crippen molar-refractivity contribution >= 4 is 29.0 Å². The Morgan fingerprint density at radius 1 is 1.11 bits per heavy atom. The first-order valence-corrected chi connectivity index (χ1v) is 12.0. The fourth-order valence-corrected chi connectivity index (χ4v) is 4.14. The number of methoxy groups -OCH3 is 1. The van der Waals surface area contributed by atoms with E-state index >= 15 is 0 Å². The van der Waals surface area contributed by atoms with Gasteiger partial charge in [0.15, 0.2) is 17.1 Å². The van der Waals surface area contributed by atoms with Gasteiger partial charge in [-0.25, -0.2) is 0 Å². The van der Waals surface area contributed by atoms with E-state index < -0.39 is 10.2 Å². The third-order valence-electron chi connectivity index (χ3n) is 5.01. The van der Waals surface area contributed by atoms with Crippen molar-refractivity contribution < 1.29 is 19.2 Å². The molecule has 0 aliphatic heterocycles. The molecule has 0 aliphatic rings. The monoisotopic (exact) mass is 499 g/mol. The Kier molecular flexibility index (Phi) is 8.69. The third kappa shape index (κ3) is 6.95. The number of anilines is 1. The second-order valence-electron chi connectivity index (χ2n) is 8.34. The summed E-state index contributed by atoms with van der Waals surface area (Å²) in [6.07, 6.45) is -0.382. The first-order chi connectivity index (χ1) is 16.7. The molecule has 1 aromatic heterocycles. The molecule has 10 nitrogen and oxygen atoms in total. The van der Waals surface area contributed by atoms with E-state index in [0.29, 0.717) is 40.6 Å². The number of amides is 1. The van der Waals surface area contributed by atoms with E-state index in [0.717, 1.165) is 0 Å². The van der Waals surface area contributed by atoms with Gasteiger partial charge in [0, 0.05) is 30.4 Å². The zero-order valence-electron chi connectivity index (χ0n) is 20.3. The van der Waals surface area contributed by atoms with E-state index in [2.05, 4.69) is 29.4 Å². The molecule has 0 spiro atoms.